The van der Waals surface area contributed by atoms with Crippen molar-refractivity contribution in [1.82, 2.24) is 0 Å². The van der Waals surface area contributed by atoms with E-state index >= 15 is 0 Å². The molecule has 1 aromatic rings. The molecule has 1 aliphatic rings. The van der Waals surface area contributed by atoms with Crippen molar-refractivity contribution in [2.24, 2.45) is 0 Å². The summed E-state index contributed by atoms with van der Waals surface area (Å²) in [7, 11) is 0. The summed E-state index contributed by atoms with van der Waals surface area (Å²) in [5, 5.41) is 0. The number of aryl methyl sites for hydroxylation is 1. The first kappa shape index (κ1) is 9.53. The van der Waals surface area contributed by atoms with Crippen molar-refractivity contribution in [2.45, 2.75) is 32.2 Å². The van der Waals surface area contributed by atoms with Crippen LogP contribution in [0.15, 0.2) is 24.5 Å². The van der Waals surface area contributed by atoms with Crippen LogP contribution in [0.5, 0.6) is 0 Å². The van der Waals surface area contributed by atoms with Gasteiger partial charge in [0.25, 0.3) is 0 Å². The van der Waals surface area contributed by atoms with Gasteiger partial charge in [-0.15, -0.1) is 0 Å². The van der Waals surface area contributed by atoms with Gasteiger partial charge in [-0.05, 0) is 19.4 Å². The van der Waals surface area contributed by atoms with Crippen LogP contribution in [0.1, 0.15) is 30.9 Å². The molecule has 0 radical (unpaired) electrons. The van der Waals surface area contributed by atoms with E-state index in [1.165, 1.54) is 24.8 Å². The smallest absolute Gasteiger partial charge is 0.171 e. The molecule has 0 N–H and O–H groups in total. The fraction of sp³-hybridized carbons (Fsp3) is 0.500. The molecule has 0 unspecified atom stereocenters. The quantitative estimate of drug-likeness (QED) is 0.493. The molecule has 1 heterocycles. The van der Waals surface area contributed by atoms with Crippen LogP contribution in [0.4, 0.5) is 0 Å². The molecular weight excluding hydrogens is 170 g/mol. The van der Waals surface area contributed by atoms with Crippen LogP contribution >= 0.6 is 0 Å². The van der Waals surface area contributed by atoms with Crippen molar-refractivity contribution >= 4 is 0 Å². The Kier molecular flexibility index (Phi) is 3.10. The number of aromatic nitrogens is 1. The minimum Gasteiger partial charge on any atom is -1.00 e. The molecule has 1 aromatic heterocycles. The SMILES string of the molecule is Cc1ccc[n+](C2CCC2)c1.[Cl-]. The van der Waals surface area contributed by atoms with Crippen molar-refractivity contribution in [2.75, 3.05) is 0 Å². The highest BCUT2D eigenvalue weighted by Crippen LogP contribution is 2.25. The predicted molar refractivity (Wildman–Crippen MR) is 44.3 cm³/mol. The van der Waals surface area contributed by atoms with E-state index in [2.05, 4.69) is 36.0 Å². The third kappa shape index (κ3) is 1.78. The zero-order chi connectivity index (χ0) is 7.68. The second-order valence-electron chi connectivity index (χ2n) is 3.41. The average molecular weight is 184 g/mol. The van der Waals surface area contributed by atoms with Gasteiger partial charge >= 0.3 is 0 Å². The standard InChI is InChI=1S/C10H14N.ClH/c1-9-4-3-7-11(8-9)10-5-2-6-10;/h3-4,7-8,10H,2,5-6H2,1H3;1H/q+1;/p-1. The summed E-state index contributed by atoms with van der Waals surface area (Å²) in [6, 6.07) is 5.08. The largest absolute Gasteiger partial charge is 1.00 e. The van der Waals surface area contributed by atoms with E-state index in [0.29, 0.717) is 0 Å². The van der Waals surface area contributed by atoms with Crippen molar-refractivity contribution in [1.29, 1.82) is 0 Å². The minimum absolute atomic E-state index is 0. The molecule has 66 valence electrons. The van der Waals surface area contributed by atoms with Gasteiger partial charge < -0.3 is 12.4 Å². The van der Waals surface area contributed by atoms with E-state index in [1.54, 1.807) is 0 Å². The molecule has 0 bridgehead atoms. The van der Waals surface area contributed by atoms with E-state index in [-0.39, 0.29) is 12.4 Å². The van der Waals surface area contributed by atoms with Crippen molar-refractivity contribution in [3.05, 3.63) is 30.1 Å². The maximum atomic E-state index is 2.35. The summed E-state index contributed by atoms with van der Waals surface area (Å²) in [5.41, 5.74) is 1.36. The van der Waals surface area contributed by atoms with Crippen LogP contribution in [0, 0.1) is 6.92 Å². The summed E-state index contributed by atoms with van der Waals surface area (Å²) >= 11 is 0. The maximum Gasteiger partial charge on any atom is 0.171 e. The lowest BCUT2D eigenvalue weighted by molar-refractivity contribution is -0.733. The highest BCUT2D eigenvalue weighted by Gasteiger charge is 2.25. The normalized spacial score (nSPS) is 16.4. The van der Waals surface area contributed by atoms with Crippen molar-refractivity contribution in [3.8, 4) is 0 Å². The number of rotatable bonds is 1. The number of hydrogen-bond acceptors (Lipinski definition) is 0. The lowest BCUT2D eigenvalue weighted by Crippen LogP contribution is -3.00. The third-order valence-corrected chi connectivity index (χ3v) is 2.47. The molecule has 1 aliphatic carbocycles. The lowest BCUT2D eigenvalue weighted by atomic mass is 9.93. The first-order chi connectivity index (χ1) is 5.36. The molecule has 2 heteroatoms. The molecular formula is C10H14ClN. The molecule has 12 heavy (non-hydrogen) atoms. The molecule has 0 aromatic carbocycles. The van der Waals surface area contributed by atoms with Gasteiger partial charge in [-0.2, -0.15) is 0 Å². The third-order valence-electron chi connectivity index (χ3n) is 2.47. The van der Waals surface area contributed by atoms with Gasteiger partial charge in [0, 0.05) is 24.5 Å². The Morgan fingerprint density at radius 3 is 2.67 bits per heavy atom. The molecule has 0 atom stereocenters. The van der Waals surface area contributed by atoms with Gasteiger partial charge in [-0.1, -0.05) is 0 Å². The topological polar surface area (TPSA) is 3.88 Å². The van der Waals surface area contributed by atoms with E-state index in [0.717, 1.165) is 6.04 Å². The minimum atomic E-state index is 0. The zero-order valence-electron chi connectivity index (χ0n) is 7.33. The molecule has 0 spiro atoms. The second kappa shape index (κ2) is 3.90. The fourth-order valence-electron chi connectivity index (χ4n) is 1.53. The number of nitrogens with zero attached hydrogens (tertiary/aromatic N) is 1. The molecule has 0 amide bonds. The molecule has 0 saturated heterocycles. The predicted octanol–water partition coefficient (Wildman–Crippen LogP) is -0.988. The number of pyridine rings is 1. The Morgan fingerprint density at radius 1 is 1.42 bits per heavy atom. The van der Waals surface area contributed by atoms with Gasteiger partial charge in [-0.25, -0.2) is 4.57 Å². The number of hydrogen-bond donors (Lipinski definition) is 0. The van der Waals surface area contributed by atoms with Crippen LogP contribution in [0.3, 0.4) is 0 Å². The Labute approximate surface area is 79.8 Å². The van der Waals surface area contributed by atoms with E-state index < -0.39 is 0 Å². The van der Waals surface area contributed by atoms with E-state index in [4.69, 9.17) is 0 Å². The van der Waals surface area contributed by atoms with Crippen LogP contribution in [0.25, 0.3) is 0 Å². The highest BCUT2D eigenvalue weighted by atomic mass is 35.5. The zero-order valence-corrected chi connectivity index (χ0v) is 8.09. The summed E-state index contributed by atoms with van der Waals surface area (Å²) in [6.45, 7) is 2.15. The maximum absolute atomic E-state index is 2.35. The molecule has 1 nitrogen and oxygen atoms in total. The Balaban J connectivity index is 0.000000720. The Bertz CT molecular complexity index is 256. The van der Waals surface area contributed by atoms with Gasteiger partial charge in [-0.3, -0.25) is 0 Å². The van der Waals surface area contributed by atoms with Gasteiger partial charge in [0.1, 0.15) is 0 Å². The monoisotopic (exact) mass is 183 g/mol. The molecule has 1 saturated carbocycles. The summed E-state index contributed by atoms with van der Waals surface area (Å²) in [5.74, 6) is 0. The lowest BCUT2D eigenvalue weighted by Gasteiger charge is -2.19. The van der Waals surface area contributed by atoms with Crippen LogP contribution < -0.4 is 17.0 Å². The van der Waals surface area contributed by atoms with Crippen LogP contribution in [-0.2, 0) is 0 Å². The van der Waals surface area contributed by atoms with Crippen LogP contribution in [-0.4, -0.2) is 0 Å². The average Bonchev–Trinajstić information content (AvgIpc) is 1.83. The van der Waals surface area contributed by atoms with E-state index in [9.17, 15) is 0 Å². The Morgan fingerprint density at radius 2 is 2.17 bits per heavy atom. The molecule has 1 fully saturated rings. The van der Waals surface area contributed by atoms with Crippen molar-refractivity contribution < 1.29 is 17.0 Å². The molecule has 0 aliphatic heterocycles. The first-order valence-electron chi connectivity index (χ1n) is 4.34. The van der Waals surface area contributed by atoms with Gasteiger partial charge in [0.15, 0.2) is 18.4 Å². The summed E-state index contributed by atoms with van der Waals surface area (Å²) in [6.07, 6.45) is 8.56. The Hall–Kier alpha value is -0.560. The van der Waals surface area contributed by atoms with Crippen LogP contribution in [0.2, 0.25) is 0 Å². The fourth-order valence-corrected chi connectivity index (χ4v) is 1.53. The molecule has 2 rings (SSSR count). The van der Waals surface area contributed by atoms with Crippen molar-refractivity contribution in [3.63, 3.8) is 0 Å². The first-order valence-corrected chi connectivity index (χ1v) is 4.34. The highest BCUT2D eigenvalue weighted by molar-refractivity contribution is 5.01. The summed E-state index contributed by atoms with van der Waals surface area (Å²) < 4.78 is 2.35. The van der Waals surface area contributed by atoms with Gasteiger partial charge in [0.05, 0.1) is 0 Å². The van der Waals surface area contributed by atoms with E-state index in [1.807, 2.05) is 0 Å². The summed E-state index contributed by atoms with van der Waals surface area (Å²) in [4.78, 5) is 0. The van der Waals surface area contributed by atoms with Gasteiger partial charge in [0.2, 0.25) is 0 Å². The number of halogens is 1. The second-order valence-corrected chi connectivity index (χ2v) is 3.41.